The van der Waals surface area contributed by atoms with Crippen molar-refractivity contribution in [2.75, 3.05) is 14.1 Å². The van der Waals surface area contributed by atoms with E-state index in [9.17, 15) is 14.9 Å². The quantitative estimate of drug-likeness (QED) is 0.323. The molecular weight excluding hydrogens is 212 g/mol. The lowest BCUT2D eigenvalue weighted by Gasteiger charge is -2.01. The summed E-state index contributed by atoms with van der Waals surface area (Å²) in [5, 5.41) is 14.4. The van der Waals surface area contributed by atoms with Gasteiger partial charge in [-0.3, -0.25) is 19.6 Å². The molecule has 1 aromatic heterocycles. The molecular formula is C9H12N4O3. The fourth-order valence-electron chi connectivity index (χ4n) is 1.08. The van der Waals surface area contributed by atoms with Crippen LogP contribution in [-0.4, -0.2) is 39.5 Å². The van der Waals surface area contributed by atoms with E-state index in [0.29, 0.717) is 0 Å². The van der Waals surface area contributed by atoms with E-state index in [0.717, 1.165) is 0 Å². The molecule has 0 unspecified atom stereocenters. The van der Waals surface area contributed by atoms with Crippen LogP contribution in [0.5, 0.6) is 0 Å². The Morgan fingerprint density at radius 2 is 2.25 bits per heavy atom. The standard InChI is InChI=1S/C9H12N4O3/c1-11(2)5-4-8(14)9-7(13(15)16)6-12(3)10-9/h4-6H,1-3H3/b5-4-. The van der Waals surface area contributed by atoms with E-state index >= 15 is 0 Å². The summed E-state index contributed by atoms with van der Waals surface area (Å²) in [6, 6.07) is 0. The summed E-state index contributed by atoms with van der Waals surface area (Å²) >= 11 is 0. The van der Waals surface area contributed by atoms with Gasteiger partial charge in [-0.25, -0.2) is 0 Å². The molecule has 0 fully saturated rings. The molecule has 0 aliphatic carbocycles. The molecule has 0 atom stereocenters. The minimum atomic E-state index is -0.621. The summed E-state index contributed by atoms with van der Waals surface area (Å²) in [5.41, 5.74) is -0.429. The molecule has 0 N–H and O–H groups in total. The number of hydrogen-bond donors (Lipinski definition) is 0. The second-order valence-electron chi connectivity index (χ2n) is 3.44. The van der Waals surface area contributed by atoms with E-state index in [1.165, 1.54) is 30.2 Å². The van der Waals surface area contributed by atoms with Crippen LogP contribution in [-0.2, 0) is 7.05 Å². The monoisotopic (exact) mass is 224 g/mol. The highest BCUT2D eigenvalue weighted by Gasteiger charge is 2.22. The summed E-state index contributed by atoms with van der Waals surface area (Å²) in [4.78, 5) is 23.3. The normalized spacial score (nSPS) is 10.7. The van der Waals surface area contributed by atoms with Gasteiger partial charge in [0.05, 0.1) is 4.92 Å². The molecule has 0 bridgehead atoms. The Balaban J connectivity index is 3.04. The van der Waals surface area contributed by atoms with Crippen molar-refractivity contribution in [2.45, 2.75) is 0 Å². The zero-order chi connectivity index (χ0) is 12.3. The van der Waals surface area contributed by atoms with E-state index in [-0.39, 0.29) is 11.4 Å². The molecule has 1 heterocycles. The van der Waals surface area contributed by atoms with Crippen LogP contribution in [0, 0.1) is 10.1 Å². The van der Waals surface area contributed by atoms with Crippen LogP contribution in [0.3, 0.4) is 0 Å². The van der Waals surface area contributed by atoms with Crippen LogP contribution in [0.15, 0.2) is 18.5 Å². The molecule has 0 aromatic carbocycles. The minimum absolute atomic E-state index is 0.148. The Hall–Kier alpha value is -2.18. The van der Waals surface area contributed by atoms with Crippen LogP contribution in [0.1, 0.15) is 10.5 Å². The average molecular weight is 224 g/mol. The van der Waals surface area contributed by atoms with Gasteiger partial charge in [0.25, 0.3) is 0 Å². The summed E-state index contributed by atoms with van der Waals surface area (Å²) < 4.78 is 1.24. The van der Waals surface area contributed by atoms with E-state index < -0.39 is 10.7 Å². The molecule has 1 aromatic rings. The number of aryl methyl sites for hydroxylation is 1. The maximum atomic E-state index is 11.6. The summed E-state index contributed by atoms with van der Waals surface area (Å²) in [6.07, 6.45) is 3.97. The highest BCUT2D eigenvalue weighted by molar-refractivity contribution is 6.05. The number of aromatic nitrogens is 2. The van der Waals surface area contributed by atoms with Gasteiger partial charge >= 0.3 is 5.69 Å². The van der Waals surface area contributed by atoms with E-state index in [1.807, 2.05) is 0 Å². The minimum Gasteiger partial charge on any atom is -0.383 e. The maximum absolute atomic E-state index is 11.6. The SMILES string of the molecule is CN(C)/C=C\C(=O)c1nn(C)cc1[N+](=O)[O-]. The van der Waals surface area contributed by atoms with E-state index in [2.05, 4.69) is 5.10 Å². The molecule has 0 aliphatic rings. The number of rotatable bonds is 4. The van der Waals surface area contributed by atoms with Gasteiger partial charge in [0.1, 0.15) is 6.20 Å². The van der Waals surface area contributed by atoms with Gasteiger partial charge in [0.15, 0.2) is 0 Å². The number of allylic oxidation sites excluding steroid dienone is 1. The highest BCUT2D eigenvalue weighted by atomic mass is 16.6. The van der Waals surface area contributed by atoms with Crippen molar-refractivity contribution in [2.24, 2.45) is 7.05 Å². The molecule has 1 rings (SSSR count). The van der Waals surface area contributed by atoms with Crippen LogP contribution in [0.2, 0.25) is 0 Å². The van der Waals surface area contributed by atoms with Crippen molar-refractivity contribution in [1.29, 1.82) is 0 Å². The molecule has 7 heteroatoms. The van der Waals surface area contributed by atoms with Gasteiger partial charge in [-0.05, 0) is 0 Å². The third-order valence-corrected chi connectivity index (χ3v) is 1.76. The maximum Gasteiger partial charge on any atom is 0.318 e. The molecule has 0 spiro atoms. The van der Waals surface area contributed by atoms with Gasteiger partial charge in [0.2, 0.25) is 11.5 Å². The van der Waals surface area contributed by atoms with Crippen molar-refractivity contribution in [3.63, 3.8) is 0 Å². The summed E-state index contributed by atoms with van der Waals surface area (Å²) in [6.45, 7) is 0. The average Bonchev–Trinajstić information content (AvgIpc) is 2.56. The van der Waals surface area contributed by atoms with Crippen molar-refractivity contribution < 1.29 is 9.72 Å². The number of ketones is 1. The van der Waals surface area contributed by atoms with Crippen molar-refractivity contribution in [3.05, 3.63) is 34.3 Å². The molecule has 0 amide bonds. The number of hydrogen-bond acceptors (Lipinski definition) is 5. The Morgan fingerprint density at radius 1 is 1.62 bits per heavy atom. The number of carbonyl (C=O) groups is 1. The number of carbonyl (C=O) groups excluding carboxylic acids is 1. The molecule has 86 valence electrons. The lowest BCUT2D eigenvalue weighted by Crippen LogP contribution is -2.05. The third kappa shape index (κ3) is 2.66. The van der Waals surface area contributed by atoms with Gasteiger partial charge in [-0.1, -0.05) is 0 Å². The number of nitro groups is 1. The fourth-order valence-corrected chi connectivity index (χ4v) is 1.08. The molecule has 0 aliphatic heterocycles. The van der Waals surface area contributed by atoms with Crippen molar-refractivity contribution in [1.82, 2.24) is 14.7 Å². The lowest BCUT2D eigenvalue weighted by molar-refractivity contribution is -0.385. The van der Waals surface area contributed by atoms with Gasteiger partial charge in [-0.15, -0.1) is 0 Å². The van der Waals surface area contributed by atoms with Gasteiger partial charge in [-0.2, -0.15) is 5.10 Å². The highest BCUT2D eigenvalue weighted by Crippen LogP contribution is 2.16. The van der Waals surface area contributed by atoms with Crippen LogP contribution < -0.4 is 0 Å². The molecule has 7 nitrogen and oxygen atoms in total. The Labute approximate surface area is 92.1 Å². The molecule has 16 heavy (non-hydrogen) atoms. The Morgan fingerprint density at radius 3 is 2.75 bits per heavy atom. The summed E-state index contributed by atoms with van der Waals surface area (Å²) in [5.74, 6) is -0.485. The van der Waals surface area contributed by atoms with Crippen molar-refractivity contribution in [3.8, 4) is 0 Å². The predicted octanol–water partition coefficient (Wildman–Crippen LogP) is 0.586. The first-order chi connectivity index (χ1) is 7.41. The van der Waals surface area contributed by atoms with E-state index in [4.69, 9.17) is 0 Å². The van der Waals surface area contributed by atoms with Crippen molar-refractivity contribution >= 4 is 11.5 Å². The second-order valence-corrected chi connectivity index (χ2v) is 3.44. The third-order valence-electron chi connectivity index (χ3n) is 1.76. The summed E-state index contributed by atoms with van der Waals surface area (Å²) in [7, 11) is 5.02. The first-order valence-corrected chi connectivity index (χ1v) is 4.49. The first kappa shape index (κ1) is 11.9. The predicted molar refractivity (Wildman–Crippen MR) is 57.0 cm³/mol. The second kappa shape index (κ2) is 4.56. The van der Waals surface area contributed by atoms with Crippen LogP contribution in [0.25, 0.3) is 0 Å². The van der Waals surface area contributed by atoms with Crippen LogP contribution in [0.4, 0.5) is 5.69 Å². The smallest absolute Gasteiger partial charge is 0.318 e. The van der Waals surface area contributed by atoms with Gasteiger partial charge < -0.3 is 4.90 Å². The zero-order valence-corrected chi connectivity index (χ0v) is 9.25. The molecule has 0 saturated carbocycles. The zero-order valence-electron chi connectivity index (χ0n) is 9.25. The largest absolute Gasteiger partial charge is 0.383 e. The lowest BCUT2D eigenvalue weighted by atomic mass is 10.2. The first-order valence-electron chi connectivity index (χ1n) is 4.49. The molecule has 0 saturated heterocycles. The molecule has 0 radical (unpaired) electrons. The Kier molecular flexibility index (Phi) is 3.39. The van der Waals surface area contributed by atoms with Gasteiger partial charge in [0, 0.05) is 33.4 Å². The van der Waals surface area contributed by atoms with E-state index in [1.54, 1.807) is 19.0 Å². The van der Waals surface area contributed by atoms with Crippen LogP contribution >= 0.6 is 0 Å². The number of nitrogens with zero attached hydrogens (tertiary/aromatic N) is 4. The Bertz CT molecular complexity index is 448. The topological polar surface area (TPSA) is 81.3 Å². The fraction of sp³-hybridized carbons (Fsp3) is 0.333.